The van der Waals surface area contributed by atoms with Crippen LogP contribution in [0.15, 0.2) is 18.2 Å². The summed E-state index contributed by atoms with van der Waals surface area (Å²) in [4.78, 5) is 22.3. The van der Waals surface area contributed by atoms with Gasteiger partial charge in [0.2, 0.25) is 0 Å². The number of hydrogen-bond donors (Lipinski definition) is 0. The van der Waals surface area contributed by atoms with Crippen LogP contribution in [-0.2, 0) is 14.3 Å². The maximum atomic E-state index is 13.6. The predicted octanol–water partition coefficient (Wildman–Crippen LogP) is 2.33. The standard InChI is InChI=1S/C14H17FO5/c1-3-19-13(16)5-4-8-20-12-7-6-10(9-11(12)15)14(17)18-2/h6-7,9H,3-5,8H2,1-2H3. The maximum absolute atomic E-state index is 13.6. The number of methoxy groups -OCH3 is 1. The quantitative estimate of drug-likeness (QED) is 0.568. The second-order valence-corrected chi connectivity index (χ2v) is 3.89. The number of hydrogen-bond acceptors (Lipinski definition) is 5. The van der Waals surface area contributed by atoms with Crippen molar-refractivity contribution in [2.45, 2.75) is 19.8 Å². The molecule has 0 atom stereocenters. The molecular weight excluding hydrogens is 267 g/mol. The van der Waals surface area contributed by atoms with E-state index in [1.165, 1.54) is 19.2 Å². The molecular formula is C14H17FO5. The van der Waals surface area contributed by atoms with Crippen LogP contribution in [0.2, 0.25) is 0 Å². The van der Waals surface area contributed by atoms with Gasteiger partial charge in [-0.3, -0.25) is 4.79 Å². The number of halogens is 1. The number of benzene rings is 1. The summed E-state index contributed by atoms with van der Waals surface area (Å²) >= 11 is 0. The van der Waals surface area contributed by atoms with Crippen LogP contribution in [0.4, 0.5) is 4.39 Å². The van der Waals surface area contributed by atoms with E-state index >= 15 is 0 Å². The van der Waals surface area contributed by atoms with Crippen LogP contribution in [0.3, 0.4) is 0 Å². The summed E-state index contributed by atoms with van der Waals surface area (Å²) in [5, 5.41) is 0. The SMILES string of the molecule is CCOC(=O)CCCOc1ccc(C(=O)OC)cc1F. The molecule has 1 aromatic carbocycles. The van der Waals surface area contributed by atoms with E-state index in [0.29, 0.717) is 13.0 Å². The lowest BCUT2D eigenvalue weighted by atomic mass is 10.2. The molecule has 0 aliphatic heterocycles. The highest BCUT2D eigenvalue weighted by Gasteiger charge is 2.10. The number of carbonyl (C=O) groups excluding carboxylic acids is 2. The first-order valence-electron chi connectivity index (χ1n) is 6.24. The Morgan fingerprint density at radius 2 is 2.05 bits per heavy atom. The van der Waals surface area contributed by atoms with Crippen LogP contribution in [0.1, 0.15) is 30.1 Å². The van der Waals surface area contributed by atoms with Gasteiger partial charge in [-0.05, 0) is 31.5 Å². The minimum atomic E-state index is -0.649. The van der Waals surface area contributed by atoms with Crippen LogP contribution < -0.4 is 4.74 Å². The molecule has 0 saturated heterocycles. The lowest BCUT2D eigenvalue weighted by Crippen LogP contribution is -2.07. The summed E-state index contributed by atoms with van der Waals surface area (Å²) in [7, 11) is 1.22. The molecule has 20 heavy (non-hydrogen) atoms. The van der Waals surface area contributed by atoms with Crippen molar-refractivity contribution in [2.24, 2.45) is 0 Å². The van der Waals surface area contributed by atoms with Crippen molar-refractivity contribution in [1.82, 2.24) is 0 Å². The molecule has 0 aliphatic carbocycles. The molecule has 0 unspecified atom stereocenters. The Morgan fingerprint density at radius 3 is 2.65 bits per heavy atom. The van der Waals surface area contributed by atoms with Crippen molar-refractivity contribution in [3.8, 4) is 5.75 Å². The Morgan fingerprint density at radius 1 is 1.30 bits per heavy atom. The van der Waals surface area contributed by atoms with Crippen LogP contribution >= 0.6 is 0 Å². The third-order valence-electron chi connectivity index (χ3n) is 2.44. The lowest BCUT2D eigenvalue weighted by molar-refractivity contribution is -0.143. The Kier molecular flexibility index (Phi) is 6.49. The summed E-state index contributed by atoms with van der Waals surface area (Å²) in [6.07, 6.45) is 0.646. The molecule has 0 N–H and O–H groups in total. The average Bonchev–Trinajstić information content (AvgIpc) is 2.44. The van der Waals surface area contributed by atoms with Crippen molar-refractivity contribution in [3.63, 3.8) is 0 Å². The highest BCUT2D eigenvalue weighted by Crippen LogP contribution is 2.19. The van der Waals surface area contributed by atoms with Gasteiger partial charge < -0.3 is 14.2 Å². The van der Waals surface area contributed by atoms with Crippen LogP contribution in [0.5, 0.6) is 5.75 Å². The minimum absolute atomic E-state index is 0.0292. The van der Waals surface area contributed by atoms with Crippen LogP contribution in [0.25, 0.3) is 0 Å². The van der Waals surface area contributed by atoms with E-state index < -0.39 is 11.8 Å². The highest BCUT2D eigenvalue weighted by molar-refractivity contribution is 5.89. The molecule has 0 radical (unpaired) electrons. The van der Waals surface area contributed by atoms with Gasteiger partial charge >= 0.3 is 11.9 Å². The fourth-order valence-electron chi connectivity index (χ4n) is 1.49. The van der Waals surface area contributed by atoms with Gasteiger partial charge in [-0.25, -0.2) is 9.18 Å². The first kappa shape index (κ1) is 15.9. The monoisotopic (exact) mass is 284 g/mol. The molecule has 0 bridgehead atoms. The molecule has 0 saturated carbocycles. The first-order valence-corrected chi connectivity index (χ1v) is 6.24. The smallest absolute Gasteiger partial charge is 0.337 e. The predicted molar refractivity (Wildman–Crippen MR) is 69.1 cm³/mol. The summed E-state index contributed by atoms with van der Waals surface area (Å²) in [5.74, 6) is -1.54. The van der Waals surface area contributed by atoms with Crippen molar-refractivity contribution in [2.75, 3.05) is 20.3 Å². The summed E-state index contributed by atoms with van der Waals surface area (Å²) in [6, 6.07) is 3.81. The molecule has 110 valence electrons. The van der Waals surface area contributed by atoms with Crippen molar-refractivity contribution >= 4 is 11.9 Å². The van der Waals surface area contributed by atoms with E-state index in [0.717, 1.165) is 6.07 Å². The molecule has 0 spiro atoms. The first-order chi connectivity index (χ1) is 9.58. The molecule has 6 heteroatoms. The minimum Gasteiger partial charge on any atom is -0.491 e. The zero-order valence-electron chi connectivity index (χ0n) is 11.5. The number of ether oxygens (including phenoxy) is 3. The van der Waals surface area contributed by atoms with Gasteiger partial charge in [0.05, 0.1) is 25.9 Å². The van der Waals surface area contributed by atoms with Gasteiger partial charge in [-0.1, -0.05) is 0 Å². The molecule has 5 nitrogen and oxygen atoms in total. The average molecular weight is 284 g/mol. The van der Waals surface area contributed by atoms with E-state index in [-0.39, 0.29) is 30.3 Å². The van der Waals surface area contributed by atoms with Gasteiger partial charge in [-0.2, -0.15) is 0 Å². The van der Waals surface area contributed by atoms with Gasteiger partial charge in [0.1, 0.15) is 0 Å². The van der Waals surface area contributed by atoms with Crippen molar-refractivity contribution in [3.05, 3.63) is 29.6 Å². The van der Waals surface area contributed by atoms with Gasteiger partial charge in [-0.15, -0.1) is 0 Å². The van der Waals surface area contributed by atoms with E-state index in [9.17, 15) is 14.0 Å². The summed E-state index contributed by atoms with van der Waals surface area (Å²) in [5.41, 5.74) is 0.115. The fraction of sp³-hybridized carbons (Fsp3) is 0.429. The Hall–Kier alpha value is -2.11. The van der Waals surface area contributed by atoms with E-state index in [1.807, 2.05) is 0 Å². The Labute approximate surface area is 116 Å². The number of rotatable bonds is 7. The zero-order valence-corrected chi connectivity index (χ0v) is 11.5. The van der Waals surface area contributed by atoms with E-state index in [4.69, 9.17) is 9.47 Å². The van der Waals surface area contributed by atoms with Crippen molar-refractivity contribution in [1.29, 1.82) is 0 Å². The maximum Gasteiger partial charge on any atom is 0.337 e. The second-order valence-electron chi connectivity index (χ2n) is 3.89. The fourth-order valence-corrected chi connectivity index (χ4v) is 1.49. The molecule has 1 rings (SSSR count). The van der Waals surface area contributed by atoms with Crippen molar-refractivity contribution < 1.29 is 28.2 Å². The number of carbonyl (C=O) groups is 2. The Bertz CT molecular complexity index is 473. The molecule has 0 aliphatic rings. The summed E-state index contributed by atoms with van der Waals surface area (Å²) < 4.78 is 28.1. The molecule has 0 fully saturated rings. The highest BCUT2D eigenvalue weighted by atomic mass is 19.1. The van der Waals surface area contributed by atoms with Crippen LogP contribution in [0, 0.1) is 5.82 Å². The summed E-state index contributed by atoms with van der Waals surface area (Å²) in [6.45, 7) is 2.25. The van der Waals surface area contributed by atoms with Crippen LogP contribution in [-0.4, -0.2) is 32.3 Å². The third-order valence-corrected chi connectivity index (χ3v) is 2.44. The third kappa shape index (κ3) is 4.87. The molecule has 1 aromatic rings. The zero-order chi connectivity index (χ0) is 15.0. The van der Waals surface area contributed by atoms with E-state index in [1.54, 1.807) is 6.92 Å². The normalized spacial score (nSPS) is 9.95. The van der Waals surface area contributed by atoms with Gasteiger partial charge in [0.15, 0.2) is 11.6 Å². The molecule has 0 heterocycles. The second kappa shape index (κ2) is 8.14. The largest absolute Gasteiger partial charge is 0.491 e. The van der Waals surface area contributed by atoms with E-state index in [2.05, 4.69) is 4.74 Å². The lowest BCUT2D eigenvalue weighted by Gasteiger charge is -2.08. The molecule has 0 amide bonds. The molecule has 0 aromatic heterocycles. The van der Waals surface area contributed by atoms with Gasteiger partial charge in [0.25, 0.3) is 0 Å². The Balaban J connectivity index is 2.45. The topological polar surface area (TPSA) is 61.8 Å². The van der Waals surface area contributed by atoms with Gasteiger partial charge in [0, 0.05) is 6.42 Å². The number of esters is 2.